The molecule has 2 nitrogen and oxygen atoms in total. The highest BCUT2D eigenvalue weighted by Crippen LogP contribution is 2.13. The standard InChI is InChI=1S/C27H50O2S/c1-3-5-7-9-10-11-12-13-14-15-16-17-18-19-20-21-24-29-27(28)23-26-30-25-22-8-6-4-2/h4,6,8,22H,3,5,7,9-21,23-26H2,1-2H3. The molecule has 3 heteroatoms. The molecule has 0 aliphatic carbocycles. The van der Waals surface area contributed by atoms with Crippen LogP contribution in [0.15, 0.2) is 24.3 Å². The summed E-state index contributed by atoms with van der Waals surface area (Å²) in [5.74, 6) is 1.76. The van der Waals surface area contributed by atoms with Crippen molar-refractivity contribution in [2.24, 2.45) is 0 Å². The van der Waals surface area contributed by atoms with Gasteiger partial charge in [0.05, 0.1) is 13.0 Å². The van der Waals surface area contributed by atoms with E-state index in [9.17, 15) is 4.79 Å². The van der Waals surface area contributed by atoms with Crippen molar-refractivity contribution in [3.8, 4) is 0 Å². The van der Waals surface area contributed by atoms with E-state index in [0.717, 1.165) is 17.9 Å². The maximum Gasteiger partial charge on any atom is 0.306 e. The highest BCUT2D eigenvalue weighted by Gasteiger charge is 2.02. The summed E-state index contributed by atoms with van der Waals surface area (Å²) in [6, 6.07) is 0. The van der Waals surface area contributed by atoms with Gasteiger partial charge in [-0.25, -0.2) is 0 Å². The maximum absolute atomic E-state index is 11.7. The third-order valence-electron chi connectivity index (χ3n) is 5.37. The van der Waals surface area contributed by atoms with E-state index in [1.165, 1.54) is 96.3 Å². The first-order valence-electron chi connectivity index (χ1n) is 12.8. The molecule has 0 saturated carbocycles. The Morgan fingerprint density at radius 2 is 1.23 bits per heavy atom. The van der Waals surface area contributed by atoms with Crippen LogP contribution in [0.3, 0.4) is 0 Å². The van der Waals surface area contributed by atoms with Crippen LogP contribution in [-0.2, 0) is 9.53 Å². The number of rotatable bonds is 23. The van der Waals surface area contributed by atoms with E-state index in [1.807, 2.05) is 25.2 Å². The van der Waals surface area contributed by atoms with E-state index in [-0.39, 0.29) is 5.97 Å². The Morgan fingerprint density at radius 3 is 1.73 bits per heavy atom. The quantitative estimate of drug-likeness (QED) is 0.0904. The Balaban J connectivity index is 3.16. The van der Waals surface area contributed by atoms with Gasteiger partial charge in [-0.1, -0.05) is 128 Å². The number of carbonyl (C=O) groups excluding carboxylic acids is 1. The molecule has 0 aromatic carbocycles. The molecule has 0 aliphatic heterocycles. The predicted molar refractivity (Wildman–Crippen MR) is 136 cm³/mol. The van der Waals surface area contributed by atoms with Gasteiger partial charge in [-0.3, -0.25) is 4.79 Å². The van der Waals surface area contributed by atoms with Crippen molar-refractivity contribution in [2.45, 2.75) is 123 Å². The Kier molecular flexibility index (Phi) is 25.7. The Morgan fingerprint density at radius 1 is 0.733 bits per heavy atom. The fourth-order valence-electron chi connectivity index (χ4n) is 3.46. The summed E-state index contributed by atoms with van der Waals surface area (Å²) in [5.41, 5.74) is 0. The number of thioether (sulfide) groups is 1. The van der Waals surface area contributed by atoms with Gasteiger partial charge in [0.15, 0.2) is 0 Å². The van der Waals surface area contributed by atoms with Gasteiger partial charge in [0.1, 0.15) is 0 Å². The number of allylic oxidation sites excluding steroid dienone is 3. The number of unbranched alkanes of at least 4 members (excludes halogenated alkanes) is 15. The highest BCUT2D eigenvalue weighted by molar-refractivity contribution is 7.99. The molecule has 0 radical (unpaired) electrons. The SMILES string of the molecule is CC=CC=CCSCCC(=O)OCCCCCCCCCCCCCCCCCC. The van der Waals surface area contributed by atoms with Crippen molar-refractivity contribution < 1.29 is 9.53 Å². The van der Waals surface area contributed by atoms with E-state index >= 15 is 0 Å². The smallest absolute Gasteiger partial charge is 0.306 e. The zero-order valence-electron chi connectivity index (χ0n) is 20.2. The average molecular weight is 439 g/mol. The van der Waals surface area contributed by atoms with Gasteiger partial charge in [0.25, 0.3) is 0 Å². The van der Waals surface area contributed by atoms with E-state index < -0.39 is 0 Å². The summed E-state index contributed by atoms with van der Waals surface area (Å²) in [7, 11) is 0. The first-order chi connectivity index (χ1) is 14.8. The molecule has 176 valence electrons. The fourth-order valence-corrected chi connectivity index (χ4v) is 4.19. The number of ether oxygens (including phenoxy) is 1. The number of hydrogen-bond acceptors (Lipinski definition) is 3. The molecule has 0 rings (SSSR count). The lowest BCUT2D eigenvalue weighted by Gasteiger charge is -2.05. The summed E-state index contributed by atoms with van der Waals surface area (Å²) < 4.78 is 5.32. The summed E-state index contributed by atoms with van der Waals surface area (Å²) in [6.45, 7) is 4.89. The first kappa shape index (κ1) is 29.3. The summed E-state index contributed by atoms with van der Waals surface area (Å²) in [5, 5.41) is 0. The monoisotopic (exact) mass is 438 g/mol. The van der Waals surface area contributed by atoms with Gasteiger partial charge in [0, 0.05) is 11.5 Å². The summed E-state index contributed by atoms with van der Waals surface area (Å²) >= 11 is 1.78. The highest BCUT2D eigenvalue weighted by atomic mass is 32.2. The molecule has 0 aromatic heterocycles. The van der Waals surface area contributed by atoms with E-state index in [0.29, 0.717) is 13.0 Å². The molecule has 0 spiro atoms. The molecule has 0 heterocycles. The van der Waals surface area contributed by atoms with Gasteiger partial charge >= 0.3 is 5.97 Å². The average Bonchev–Trinajstić information content (AvgIpc) is 2.75. The Labute approximate surface area is 192 Å². The Hall–Kier alpha value is -0.700. The topological polar surface area (TPSA) is 26.3 Å². The molecule has 0 aromatic rings. The molecular weight excluding hydrogens is 388 g/mol. The zero-order valence-corrected chi connectivity index (χ0v) is 21.0. The third kappa shape index (κ3) is 25.3. The van der Waals surface area contributed by atoms with Crippen LogP contribution < -0.4 is 0 Å². The van der Waals surface area contributed by atoms with Crippen LogP contribution in [0.2, 0.25) is 0 Å². The molecule has 0 amide bonds. The van der Waals surface area contributed by atoms with Gasteiger partial charge < -0.3 is 4.74 Å². The molecule has 0 bridgehead atoms. The fraction of sp³-hybridized carbons (Fsp3) is 0.815. The van der Waals surface area contributed by atoms with Gasteiger partial charge in [-0.2, -0.15) is 11.8 Å². The van der Waals surface area contributed by atoms with Gasteiger partial charge in [-0.15, -0.1) is 0 Å². The number of esters is 1. The normalized spacial score (nSPS) is 11.7. The second-order valence-electron chi connectivity index (χ2n) is 8.30. The first-order valence-corrected chi connectivity index (χ1v) is 14.0. The van der Waals surface area contributed by atoms with E-state index in [2.05, 4.69) is 13.0 Å². The lowest BCUT2D eigenvalue weighted by Crippen LogP contribution is -2.06. The van der Waals surface area contributed by atoms with Crippen LogP contribution in [0.4, 0.5) is 0 Å². The van der Waals surface area contributed by atoms with Crippen molar-refractivity contribution in [1.29, 1.82) is 0 Å². The second kappa shape index (κ2) is 26.3. The number of hydrogen-bond donors (Lipinski definition) is 0. The number of carbonyl (C=O) groups is 1. The molecule has 0 aliphatic rings. The maximum atomic E-state index is 11.7. The molecule has 0 atom stereocenters. The van der Waals surface area contributed by atoms with Crippen molar-refractivity contribution >= 4 is 17.7 Å². The minimum absolute atomic E-state index is 0.0408. The molecule has 0 N–H and O–H groups in total. The molecule has 0 fully saturated rings. The minimum atomic E-state index is -0.0408. The van der Waals surface area contributed by atoms with E-state index in [1.54, 1.807) is 11.8 Å². The molecule has 0 unspecified atom stereocenters. The van der Waals surface area contributed by atoms with Crippen LogP contribution in [0.25, 0.3) is 0 Å². The predicted octanol–water partition coefficient (Wildman–Crippen LogP) is 9.05. The lowest BCUT2D eigenvalue weighted by atomic mass is 10.0. The van der Waals surface area contributed by atoms with Crippen LogP contribution in [0.1, 0.15) is 123 Å². The van der Waals surface area contributed by atoms with E-state index in [4.69, 9.17) is 4.74 Å². The van der Waals surface area contributed by atoms with Crippen molar-refractivity contribution in [3.05, 3.63) is 24.3 Å². The lowest BCUT2D eigenvalue weighted by molar-refractivity contribution is -0.143. The molecule has 0 saturated heterocycles. The third-order valence-corrected chi connectivity index (χ3v) is 6.29. The van der Waals surface area contributed by atoms with Crippen LogP contribution in [-0.4, -0.2) is 24.1 Å². The zero-order chi connectivity index (χ0) is 22.0. The molecule has 30 heavy (non-hydrogen) atoms. The largest absolute Gasteiger partial charge is 0.466 e. The van der Waals surface area contributed by atoms with Gasteiger partial charge in [-0.05, 0) is 13.3 Å². The molecular formula is C27H50O2S. The van der Waals surface area contributed by atoms with Gasteiger partial charge in [0.2, 0.25) is 0 Å². The van der Waals surface area contributed by atoms with Crippen LogP contribution >= 0.6 is 11.8 Å². The Bertz CT molecular complexity index is 404. The van der Waals surface area contributed by atoms with Crippen LogP contribution in [0.5, 0.6) is 0 Å². The summed E-state index contributed by atoms with van der Waals surface area (Å²) in [6.07, 6.45) is 30.6. The van der Waals surface area contributed by atoms with Crippen LogP contribution in [0, 0.1) is 0 Å². The van der Waals surface area contributed by atoms with Crippen molar-refractivity contribution in [1.82, 2.24) is 0 Å². The summed E-state index contributed by atoms with van der Waals surface area (Å²) in [4.78, 5) is 11.7. The van der Waals surface area contributed by atoms with Crippen molar-refractivity contribution in [2.75, 3.05) is 18.1 Å². The minimum Gasteiger partial charge on any atom is -0.466 e. The second-order valence-corrected chi connectivity index (χ2v) is 9.45. The van der Waals surface area contributed by atoms with Crippen molar-refractivity contribution in [3.63, 3.8) is 0 Å².